The summed E-state index contributed by atoms with van der Waals surface area (Å²) in [6.45, 7) is 14.5. The Bertz CT molecular complexity index is 4770. The second-order valence-corrected chi connectivity index (χ2v) is 35.7. The van der Waals surface area contributed by atoms with Gasteiger partial charge in [-0.15, -0.1) is 11.3 Å². The van der Waals surface area contributed by atoms with Gasteiger partial charge in [-0.05, 0) is 162 Å². The summed E-state index contributed by atoms with van der Waals surface area (Å²) in [7, 11) is -3.07. The minimum atomic E-state index is -1.54. The third-order valence-electron chi connectivity index (χ3n) is 17.0. The van der Waals surface area contributed by atoms with Crippen molar-refractivity contribution in [3.8, 4) is 54.3 Å². The monoisotopic (exact) mass is 1160 g/mol. The summed E-state index contributed by atoms with van der Waals surface area (Å²) in [6, 6.07) is 109. The summed E-state index contributed by atoms with van der Waals surface area (Å²) >= 11 is 1.85. The van der Waals surface area contributed by atoms with E-state index >= 15 is 0 Å². The molecule has 0 saturated carbocycles. The maximum Gasteiger partial charge on any atom is 0.0775 e. The molecule has 1 heterocycles. The highest BCUT2D eigenvalue weighted by molar-refractivity contribution is 7.18. The molecule has 0 N–H and O–H groups in total. The fourth-order valence-corrected chi connectivity index (χ4v) is 16.0. The molecule has 0 amide bonds. The standard InChI is InChI=1S/C80H66N2SSi2.CH4/c1-84(2,3)63-44-40-61(41-45-63)81(59-27-12-8-13-28-59)75-38-22-35-66-68(75)36-21-37-69(66)79-70-33-18-19-34-71(70)80(74-54-57(39-48-73(74)79)56-25-20-26-58(53-56)78-52-51-77(83-78)55-23-10-7-11-24-55)72-49-50-76(67-32-17-16-31-65(67)72)82(60-29-14-9-15-30-60)62-42-46-64(47-43-62)85(4,5)6;/h7-54H,1-6H3;1H4. The smallest absolute Gasteiger partial charge is 0.0775 e. The Hall–Kier alpha value is -9.37. The van der Waals surface area contributed by atoms with Crippen molar-refractivity contribution in [3.63, 3.8) is 0 Å². The number of thiophene rings is 1. The molecule has 0 aliphatic carbocycles. The Morgan fingerprint density at radius 3 is 1.21 bits per heavy atom. The molecule has 1 aromatic heterocycles. The van der Waals surface area contributed by atoms with Crippen molar-refractivity contribution < 1.29 is 0 Å². The topological polar surface area (TPSA) is 6.48 Å². The third kappa shape index (κ3) is 10.4. The molecule has 13 aromatic carbocycles. The molecule has 0 bridgehead atoms. The molecule has 0 atom stereocenters. The van der Waals surface area contributed by atoms with Crippen LogP contribution in [0.1, 0.15) is 7.43 Å². The van der Waals surface area contributed by atoms with E-state index in [1.807, 2.05) is 11.3 Å². The highest BCUT2D eigenvalue weighted by atomic mass is 32.1. The van der Waals surface area contributed by atoms with Crippen LogP contribution >= 0.6 is 11.3 Å². The van der Waals surface area contributed by atoms with Gasteiger partial charge in [0.15, 0.2) is 0 Å². The Morgan fingerprint density at radius 1 is 0.256 bits per heavy atom. The molecule has 5 heteroatoms. The van der Waals surface area contributed by atoms with E-state index in [0.717, 1.165) is 34.1 Å². The van der Waals surface area contributed by atoms with Gasteiger partial charge in [-0.25, -0.2) is 0 Å². The number of nitrogens with zero attached hydrogens (tertiary/aromatic N) is 2. The lowest BCUT2D eigenvalue weighted by Gasteiger charge is -2.29. The van der Waals surface area contributed by atoms with Gasteiger partial charge >= 0.3 is 0 Å². The van der Waals surface area contributed by atoms with Crippen molar-refractivity contribution in [2.24, 2.45) is 0 Å². The van der Waals surface area contributed by atoms with Crippen molar-refractivity contribution >= 4 is 115 Å². The molecule has 14 rings (SSSR count). The van der Waals surface area contributed by atoms with Gasteiger partial charge in [0.1, 0.15) is 0 Å². The van der Waals surface area contributed by atoms with Gasteiger partial charge in [-0.2, -0.15) is 0 Å². The number of para-hydroxylation sites is 2. The molecule has 0 spiro atoms. The maximum absolute atomic E-state index is 2.49. The molecule has 86 heavy (non-hydrogen) atoms. The van der Waals surface area contributed by atoms with Crippen LogP contribution in [-0.2, 0) is 0 Å². The first-order valence-electron chi connectivity index (χ1n) is 29.6. The van der Waals surface area contributed by atoms with Crippen LogP contribution in [0.5, 0.6) is 0 Å². The molecule has 0 fully saturated rings. The first kappa shape index (κ1) is 55.8. The highest BCUT2D eigenvalue weighted by Crippen LogP contribution is 2.51. The summed E-state index contributed by atoms with van der Waals surface area (Å²) < 4.78 is 0. The van der Waals surface area contributed by atoms with Gasteiger partial charge in [0.25, 0.3) is 0 Å². The van der Waals surface area contributed by atoms with Crippen LogP contribution in [-0.4, -0.2) is 16.1 Å². The van der Waals surface area contributed by atoms with Crippen molar-refractivity contribution in [1.82, 2.24) is 0 Å². The van der Waals surface area contributed by atoms with Gasteiger partial charge in [-0.3, -0.25) is 0 Å². The molecule has 0 saturated heterocycles. The molecule has 418 valence electrons. The Labute approximate surface area is 513 Å². The SMILES string of the molecule is C.C[Si](C)(C)c1ccc(N(c2ccccc2)c2cccc3c(-c4c5ccccc5c(-c5ccc(N(c6ccccc6)c6ccc([Si](C)(C)C)cc6)c6ccccc56)c5cc(-c6cccc(-c7ccc(-c8ccccc8)s7)c6)ccc45)cccc23)cc1. The van der Waals surface area contributed by atoms with Crippen LogP contribution in [0.3, 0.4) is 0 Å². The second-order valence-electron chi connectivity index (χ2n) is 24.5. The Balaban J connectivity index is 0.00000686. The first-order chi connectivity index (χ1) is 41.4. The van der Waals surface area contributed by atoms with Gasteiger partial charge < -0.3 is 9.80 Å². The van der Waals surface area contributed by atoms with Crippen molar-refractivity contribution in [3.05, 3.63) is 291 Å². The number of benzene rings is 13. The fourth-order valence-electron chi connectivity index (χ4n) is 12.7. The van der Waals surface area contributed by atoms with Crippen LogP contribution in [0, 0.1) is 0 Å². The zero-order valence-electron chi connectivity index (χ0n) is 49.0. The quantitative estimate of drug-likeness (QED) is 0.0839. The predicted molar refractivity (Wildman–Crippen MR) is 384 cm³/mol. The lowest BCUT2D eigenvalue weighted by Crippen LogP contribution is -2.37. The predicted octanol–water partition coefficient (Wildman–Crippen LogP) is 23.4. The summed E-state index contributed by atoms with van der Waals surface area (Å²) in [6.07, 6.45) is 0. The van der Waals surface area contributed by atoms with Crippen LogP contribution in [0.4, 0.5) is 34.1 Å². The van der Waals surface area contributed by atoms with Gasteiger partial charge in [0, 0.05) is 43.3 Å². The van der Waals surface area contributed by atoms with E-state index in [4.69, 9.17) is 0 Å². The summed E-state index contributed by atoms with van der Waals surface area (Å²) in [5, 5.41) is 12.5. The van der Waals surface area contributed by atoms with E-state index < -0.39 is 16.1 Å². The third-order valence-corrected chi connectivity index (χ3v) is 22.3. The van der Waals surface area contributed by atoms with Crippen LogP contribution < -0.4 is 20.2 Å². The van der Waals surface area contributed by atoms with Gasteiger partial charge in [0.2, 0.25) is 0 Å². The molecular formula is C81H70N2SSi2. The number of fused-ring (bicyclic) bond motifs is 4. The van der Waals surface area contributed by atoms with E-state index in [1.165, 1.54) is 108 Å². The molecule has 14 aromatic rings. The van der Waals surface area contributed by atoms with Crippen LogP contribution in [0.25, 0.3) is 97.4 Å². The minimum Gasteiger partial charge on any atom is -0.310 e. The van der Waals surface area contributed by atoms with Crippen molar-refractivity contribution in [2.75, 3.05) is 9.80 Å². The second kappa shape index (κ2) is 22.9. The van der Waals surface area contributed by atoms with Gasteiger partial charge in [-0.1, -0.05) is 263 Å². The van der Waals surface area contributed by atoms with Crippen molar-refractivity contribution in [2.45, 2.75) is 46.7 Å². The lowest BCUT2D eigenvalue weighted by molar-refractivity contribution is 1.30. The largest absolute Gasteiger partial charge is 0.310 e. The fraction of sp³-hybridized carbons (Fsp3) is 0.0864. The first-order valence-corrected chi connectivity index (χ1v) is 37.5. The van der Waals surface area contributed by atoms with E-state index in [-0.39, 0.29) is 7.43 Å². The lowest BCUT2D eigenvalue weighted by atomic mass is 9.82. The van der Waals surface area contributed by atoms with Gasteiger partial charge in [0.05, 0.1) is 27.5 Å². The maximum atomic E-state index is 2.49. The number of hydrogen-bond acceptors (Lipinski definition) is 3. The Morgan fingerprint density at radius 2 is 0.640 bits per heavy atom. The highest BCUT2D eigenvalue weighted by Gasteiger charge is 2.26. The number of hydrogen-bond donors (Lipinski definition) is 0. The summed E-state index contributed by atoms with van der Waals surface area (Å²) in [4.78, 5) is 7.40. The van der Waals surface area contributed by atoms with Crippen molar-refractivity contribution in [1.29, 1.82) is 0 Å². The summed E-state index contributed by atoms with van der Waals surface area (Å²) in [5.74, 6) is 0. The molecule has 0 aliphatic rings. The minimum absolute atomic E-state index is 0. The normalized spacial score (nSPS) is 11.7. The van der Waals surface area contributed by atoms with Crippen LogP contribution in [0.2, 0.25) is 39.3 Å². The Kier molecular flexibility index (Phi) is 14.9. The molecule has 0 radical (unpaired) electrons. The zero-order chi connectivity index (χ0) is 57.8. The van der Waals surface area contributed by atoms with E-state index in [0.29, 0.717) is 0 Å². The van der Waals surface area contributed by atoms with Crippen LogP contribution in [0.15, 0.2) is 291 Å². The van der Waals surface area contributed by atoms with E-state index in [2.05, 4.69) is 340 Å². The average molecular weight is 1160 g/mol. The average Bonchev–Trinajstić information content (AvgIpc) is 0.829. The summed E-state index contributed by atoms with van der Waals surface area (Å²) in [5.41, 5.74) is 16.5. The number of anilines is 6. The molecule has 2 nitrogen and oxygen atoms in total. The molecular weight excluding hydrogens is 1090 g/mol. The van der Waals surface area contributed by atoms with E-state index in [9.17, 15) is 0 Å². The molecule has 0 aliphatic heterocycles. The molecule has 0 unspecified atom stereocenters. The van der Waals surface area contributed by atoms with E-state index in [1.54, 1.807) is 0 Å². The zero-order valence-corrected chi connectivity index (χ0v) is 51.8. The number of rotatable bonds is 13.